The van der Waals surface area contributed by atoms with E-state index in [9.17, 15) is 4.79 Å². The standard InChI is InChI=1S/C20H31ClN4O/c1-3-17-14-18(21)4-5-19(17)22-20(26)25-8-6-16(7-9-25)15-24-12-10-23(2)11-13-24/h4-5,14,16H,3,6-13,15H2,1-2H3,(H,22,26). The van der Waals surface area contributed by atoms with Gasteiger partial charge >= 0.3 is 6.03 Å². The summed E-state index contributed by atoms with van der Waals surface area (Å²) < 4.78 is 0. The van der Waals surface area contributed by atoms with E-state index >= 15 is 0 Å². The van der Waals surface area contributed by atoms with Crippen LogP contribution in [0.15, 0.2) is 18.2 Å². The Bertz CT molecular complexity index is 608. The van der Waals surface area contributed by atoms with E-state index in [1.807, 2.05) is 23.1 Å². The lowest BCUT2D eigenvalue weighted by Gasteiger charge is -2.38. The number of amides is 2. The summed E-state index contributed by atoms with van der Waals surface area (Å²) in [6, 6.07) is 5.68. The van der Waals surface area contributed by atoms with Crippen molar-refractivity contribution in [1.82, 2.24) is 14.7 Å². The molecule has 26 heavy (non-hydrogen) atoms. The molecule has 1 N–H and O–H groups in total. The van der Waals surface area contributed by atoms with Crippen LogP contribution in [0.5, 0.6) is 0 Å². The van der Waals surface area contributed by atoms with Gasteiger partial charge in [-0.1, -0.05) is 18.5 Å². The zero-order valence-corrected chi connectivity index (χ0v) is 16.8. The fraction of sp³-hybridized carbons (Fsp3) is 0.650. The molecule has 2 aliphatic rings. The maximum Gasteiger partial charge on any atom is 0.321 e. The van der Waals surface area contributed by atoms with Crippen molar-refractivity contribution in [1.29, 1.82) is 0 Å². The first-order valence-electron chi connectivity index (χ1n) is 9.80. The number of nitrogens with one attached hydrogen (secondary N) is 1. The average molecular weight is 379 g/mol. The van der Waals surface area contributed by atoms with Gasteiger partial charge < -0.3 is 20.0 Å². The highest BCUT2D eigenvalue weighted by atomic mass is 35.5. The second-order valence-electron chi connectivity index (χ2n) is 7.62. The molecule has 0 saturated carbocycles. The Balaban J connectivity index is 1.46. The lowest BCUT2D eigenvalue weighted by Crippen LogP contribution is -2.48. The highest BCUT2D eigenvalue weighted by molar-refractivity contribution is 6.30. The number of carbonyl (C=O) groups excluding carboxylic acids is 1. The zero-order valence-electron chi connectivity index (χ0n) is 16.0. The number of likely N-dealkylation sites (N-methyl/N-ethyl adjacent to an activating group) is 1. The van der Waals surface area contributed by atoms with Crippen molar-refractivity contribution in [2.75, 3.05) is 58.2 Å². The van der Waals surface area contributed by atoms with Gasteiger partial charge in [0, 0.05) is 56.5 Å². The van der Waals surface area contributed by atoms with Crippen LogP contribution >= 0.6 is 11.6 Å². The molecule has 5 nitrogen and oxygen atoms in total. The number of carbonyl (C=O) groups is 1. The molecule has 0 unspecified atom stereocenters. The molecule has 2 heterocycles. The molecule has 2 aliphatic heterocycles. The molecule has 2 amide bonds. The molecule has 3 rings (SSSR count). The van der Waals surface area contributed by atoms with Crippen molar-refractivity contribution in [3.05, 3.63) is 28.8 Å². The Morgan fingerprint density at radius 1 is 1.15 bits per heavy atom. The van der Waals surface area contributed by atoms with Crippen molar-refractivity contribution < 1.29 is 4.79 Å². The smallest absolute Gasteiger partial charge is 0.321 e. The van der Waals surface area contributed by atoms with Gasteiger partial charge in [0.05, 0.1) is 0 Å². The number of piperidine rings is 1. The van der Waals surface area contributed by atoms with E-state index in [1.165, 1.54) is 32.7 Å². The van der Waals surface area contributed by atoms with E-state index < -0.39 is 0 Å². The average Bonchev–Trinajstić information content (AvgIpc) is 2.65. The first-order chi connectivity index (χ1) is 12.5. The summed E-state index contributed by atoms with van der Waals surface area (Å²) in [5.74, 6) is 0.712. The topological polar surface area (TPSA) is 38.8 Å². The number of anilines is 1. The van der Waals surface area contributed by atoms with Gasteiger partial charge in [-0.25, -0.2) is 4.79 Å². The Labute approximate surface area is 162 Å². The summed E-state index contributed by atoms with van der Waals surface area (Å²) in [5, 5.41) is 3.78. The van der Waals surface area contributed by atoms with Gasteiger partial charge in [-0.05, 0) is 56.0 Å². The summed E-state index contributed by atoms with van der Waals surface area (Å²) in [4.78, 5) is 19.6. The molecule has 0 aromatic heterocycles. The lowest BCUT2D eigenvalue weighted by atomic mass is 9.96. The minimum atomic E-state index is 0.0140. The summed E-state index contributed by atoms with van der Waals surface area (Å²) in [6.07, 6.45) is 3.05. The van der Waals surface area contributed by atoms with E-state index in [4.69, 9.17) is 11.6 Å². The van der Waals surface area contributed by atoms with Crippen LogP contribution in [0.2, 0.25) is 5.02 Å². The quantitative estimate of drug-likeness (QED) is 0.872. The van der Waals surface area contributed by atoms with Crippen LogP contribution in [0.3, 0.4) is 0 Å². The van der Waals surface area contributed by atoms with Crippen molar-refractivity contribution in [2.45, 2.75) is 26.2 Å². The highest BCUT2D eigenvalue weighted by Gasteiger charge is 2.25. The number of hydrogen-bond donors (Lipinski definition) is 1. The van der Waals surface area contributed by atoms with E-state index in [2.05, 4.69) is 29.1 Å². The predicted molar refractivity (Wildman–Crippen MR) is 108 cm³/mol. The fourth-order valence-electron chi connectivity index (χ4n) is 3.89. The normalized spacial score (nSPS) is 20.3. The minimum Gasteiger partial charge on any atom is -0.325 e. The van der Waals surface area contributed by atoms with Gasteiger partial charge in [-0.15, -0.1) is 0 Å². The third kappa shape index (κ3) is 5.12. The first kappa shape index (κ1) is 19.5. The molecule has 1 aromatic carbocycles. The summed E-state index contributed by atoms with van der Waals surface area (Å²) in [7, 11) is 2.19. The van der Waals surface area contributed by atoms with E-state index in [1.54, 1.807) is 0 Å². The number of likely N-dealkylation sites (tertiary alicyclic amines) is 1. The molecule has 1 aromatic rings. The number of nitrogens with zero attached hydrogens (tertiary/aromatic N) is 3. The van der Waals surface area contributed by atoms with E-state index in [0.29, 0.717) is 10.9 Å². The third-order valence-electron chi connectivity index (χ3n) is 5.70. The third-order valence-corrected chi connectivity index (χ3v) is 5.94. The number of halogens is 1. The van der Waals surface area contributed by atoms with Crippen LogP contribution in [-0.4, -0.2) is 73.6 Å². The second kappa shape index (κ2) is 9.07. The van der Waals surface area contributed by atoms with Gasteiger partial charge in [-0.2, -0.15) is 0 Å². The van der Waals surface area contributed by atoms with Crippen LogP contribution in [0, 0.1) is 5.92 Å². The molecule has 144 valence electrons. The van der Waals surface area contributed by atoms with Gasteiger partial charge in [-0.3, -0.25) is 0 Å². The molecular weight excluding hydrogens is 348 g/mol. The Hall–Kier alpha value is -1.30. The van der Waals surface area contributed by atoms with Crippen molar-refractivity contribution in [2.24, 2.45) is 5.92 Å². The number of piperazine rings is 1. The van der Waals surface area contributed by atoms with E-state index in [0.717, 1.165) is 43.6 Å². The van der Waals surface area contributed by atoms with Crippen LogP contribution in [-0.2, 0) is 6.42 Å². The number of urea groups is 1. The Morgan fingerprint density at radius 2 is 1.85 bits per heavy atom. The molecular formula is C20H31ClN4O. The second-order valence-corrected chi connectivity index (χ2v) is 8.06. The van der Waals surface area contributed by atoms with E-state index in [-0.39, 0.29) is 6.03 Å². The van der Waals surface area contributed by atoms with Crippen molar-refractivity contribution >= 4 is 23.3 Å². The van der Waals surface area contributed by atoms with Crippen molar-refractivity contribution in [3.63, 3.8) is 0 Å². The Morgan fingerprint density at radius 3 is 2.50 bits per heavy atom. The number of hydrogen-bond acceptors (Lipinski definition) is 3. The molecule has 0 atom stereocenters. The molecule has 0 spiro atoms. The maximum absolute atomic E-state index is 12.6. The summed E-state index contributed by atoms with van der Waals surface area (Å²) >= 11 is 6.06. The molecule has 2 fully saturated rings. The monoisotopic (exact) mass is 378 g/mol. The summed E-state index contributed by atoms with van der Waals surface area (Å²) in [6.45, 7) is 9.63. The Kier molecular flexibility index (Phi) is 6.79. The van der Waals surface area contributed by atoms with Crippen LogP contribution in [0.4, 0.5) is 10.5 Å². The molecule has 0 bridgehead atoms. The maximum atomic E-state index is 12.6. The SMILES string of the molecule is CCc1cc(Cl)ccc1NC(=O)N1CCC(CN2CCN(C)CC2)CC1. The van der Waals surface area contributed by atoms with Crippen LogP contribution in [0.1, 0.15) is 25.3 Å². The fourth-order valence-corrected chi connectivity index (χ4v) is 4.08. The van der Waals surface area contributed by atoms with Gasteiger partial charge in [0.2, 0.25) is 0 Å². The van der Waals surface area contributed by atoms with Crippen molar-refractivity contribution in [3.8, 4) is 0 Å². The number of rotatable bonds is 4. The largest absolute Gasteiger partial charge is 0.325 e. The predicted octanol–water partition coefficient (Wildman–Crippen LogP) is 3.39. The minimum absolute atomic E-state index is 0.0140. The molecule has 6 heteroatoms. The number of benzene rings is 1. The highest BCUT2D eigenvalue weighted by Crippen LogP contribution is 2.23. The van der Waals surface area contributed by atoms with Gasteiger partial charge in [0.25, 0.3) is 0 Å². The zero-order chi connectivity index (χ0) is 18.5. The van der Waals surface area contributed by atoms with Crippen LogP contribution in [0.25, 0.3) is 0 Å². The van der Waals surface area contributed by atoms with Gasteiger partial charge in [0.1, 0.15) is 0 Å². The first-order valence-corrected chi connectivity index (χ1v) is 10.2. The lowest BCUT2D eigenvalue weighted by molar-refractivity contribution is 0.113. The molecule has 0 radical (unpaired) electrons. The van der Waals surface area contributed by atoms with Crippen LogP contribution < -0.4 is 5.32 Å². The number of aryl methyl sites for hydroxylation is 1. The summed E-state index contributed by atoms with van der Waals surface area (Å²) in [5.41, 5.74) is 1.96. The molecule has 2 saturated heterocycles. The van der Waals surface area contributed by atoms with Gasteiger partial charge in [0.15, 0.2) is 0 Å². The molecule has 0 aliphatic carbocycles.